The number of hydrogen-bond acceptors (Lipinski definition) is 4. The molecule has 0 saturated carbocycles. The number of urea groups is 1. The van der Waals surface area contributed by atoms with Crippen molar-refractivity contribution >= 4 is 44.9 Å². The van der Waals surface area contributed by atoms with Crippen molar-refractivity contribution in [2.75, 3.05) is 16.5 Å². The van der Waals surface area contributed by atoms with E-state index in [0.717, 1.165) is 5.56 Å². The Morgan fingerprint density at radius 1 is 1.19 bits per heavy atom. The number of benzene rings is 2. The van der Waals surface area contributed by atoms with Gasteiger partial charge in [0.15, 0.2) is 5.75 Å². The Kier molecular flexibility index (Phi) is 6.11. The number of alkyl halides is 1. The first-order chi connectivity index (χ1) is 12.9. The molecule has 27 heavy (non-hydrogen) atoms. The molecular weight excluding hydrogens is 413 g/mol. The number of nitrogens with one attached hydrogen (secondary N) is 2. The quantitative estimate of drug-likeness (QED) is 0.560. The molecule has 0 fully saturated rings. The lowest BCUT2D eigenvalue weighted by Gasteiger charge is -2.22. The van der Waals surface area contributed by atoms with Gasteiger partial charge in [0, 0.05) is 16.5 Å². The maximum absolute atomic E-state index is 12.7. The van der Waals surface area contributed by atoms with E-state index in [1.807, 2.05) is 18.2 Å². The van der Waals surface area contributed by atoms with Crippen LogP contribution in [0.1, 0.15) is 12.0 Å². The van der Waals surface area contributed by atoms with Gasteiger partial charge < -0.3 is 4.74 Å². The van der Waals surface area contributed by atoms with Crippen LogP contribution in [0.5, 0.6) is 11.5 Å². The van der Waals surface area contributed by atoms with Crippen molar-refractivity contribution in [3.63, 3.8) is 0 Å². The van der Waals surface area contributed by atoms with E-state index in [1.165, 1.54) is 4.90 Å². The minimum absolute atomic E-state index is 0.179. The number of carbonyl (C=O) groups excluding carboxylic acids is 1. The predicted octanol–water partition coefficient (Wildman–Crippen LogP) is 3.63. The molecule has 1 aliphatic rings. The Bertz CT molecular complexity index is 953. The molecule has 2 aromatic rings. The fraction of sp³-hybridized carbons (Fsp3) is 0.235. The van der Waals surface area contributed by atoms with E-state index in [0.29, 0.717) is 22.2 Å². The van der Waals surface area contributed by atoms with Crippen molar-refractivity contribution in [2.45, 2.75) is 13.0 Å². The first kappa shape index (κ1) is 19.8. The molecule has 2 N–H and O–H groups in total. The molecule has 10 heteroatoms. The standard InChI is InChI=1S/C17H17Cl2N3O4S/c18-8-3-9-27(24,25)21-20-17(23)22-11-12-4-1-2-5-15(12)26-16-7-6-13(19)10-14(16)22/h1-2,4-7,10,21H,3,8-9,11H2,(H,20,23). The van der Waals surface area contributed by atoms with Crippen LogP contribution in [0.2, 0.25) is 5.02 Å². The molecule has 0 atom stereocenters. The van der Waals surface area contributed by atoms with Gasteiger partial charge in [-0.1, -0.05) is 29.8 Å². The van der Waals surface area contributed by atoms with Crippen LogP contribution in [0.3, 0.4) is 0 Å². The van der Waals surface area contributed by atoms with E-state index in [-0.39, 0.29) is 24.6 Å². The van der Waals surface area contributed by atoms with Crippen molar-refractivity contribution in [1.82, 2.24) is 10.3 Å². The van der Waals surface area contributed by atoms with Gasteiger partial charge in [-0.15, -0.1) is 16.4 Å². The number of halogens is 2. The number of fused-ring (bicyclic) bond motifs is 2. The van der Waals surface area contributed by atoms with Gasteiger partial charge in [0.2, 0.25) is 10.0 Å². The summed E-state index contributed by atoms with van der Waals surface area (Å²) in [4.78, 5) is 16.2. The Hall–Kier alpha value is -2.00. The highest BCUT2D eigenvalue weighted by atomic mass is 35.5. The summed E-state index contributed by atoms with van der Waals surface area (Å²) in [7, 11) is -3.68. The van der Waals surface area contributed by atoms with Gasteiger partial charge in [-0.2, -0.15) is 0 Å². The number of carbonyl (C=O) groups is 1. The molecule has 144 valence electrons. The van der Waals surface area contributed by atoms with Crippen molar-refractivity contribution in [2.24, 2.45) is 0 Å². The summed E-state index contributed by atoms with van der Waals surface area (Å²) in [5, 5.41) is 0.420. The van der Waals surface area contributed by atoms with Gasteiger partial charge in [-0.3, -0.25) is 10.3 Å². The molecule has 1 heterocycles. The van der Waals surface area contributed by atoms with Crippen molar-refractivity contribution < 1.29 is 17.9 Å². The summed E-state index contributed by atoms with van der Waals surface area (Å²) >= 11 is 11.6. The highest BCUT2D eigenvalue weighted by Gasteiger charge is 2.26. The minimum Gasteiger partial charge on any atom is -0.455 e. The Morgan fingerprint density at radius 2 is 1.96 bits per heavy atom. The van der Waals surface area contributed by atoms with Crippen LogP contribution in [0.15, 0.2) is 42.5 Å². The molecule has 0 bridgehead atoms. The monoisotopic (exact) mass is 429 g/mol. The van der Waals surface area contributed by atoms with E-state index in [4.69, 9.17) is 27.9 Å². The lowest BCUT2D eigenvalue weighted by atomic mass is 10.2. The topological polar surface area (TPSA) is 87.7 Å². The van der Waals surface area contributed by atoms with Gasteiger partial charge in [0.25, 0.3) is 0 Å². The first-order valence-electron chi connectivity index (χ1n) is 8.08. The molecule has 2 amide bonds. The average Bonchev–Trinajstić information content (AvgIpc) is 2.81. The molecular formula is C17H17Cl2N3O4S. The number of hydrazine groups is 1. The van der Waals surface area contributed by atoms with Gasteiger partial charge >= 0.3 is 6.03 Å². The Morgan fingerprint density at radius 3 is 2.74 bits per heavy atom. The number of hydrogen-bond donors (Lipinski definition) is 2. The average molecular weight is 430 g/mol. The van der Waals surface area contributed by atoms with Gasteiger partial charge in [0.05, 0.1) is 18.0 Å². The summed E-state index contributed by atoms with van der Waals surface area (Å²) in [6.07, 6.45) is 0.274. The van der Waals surface area contributed by atoms with Crippen LogP contribution in [0.25, 0.3) is 0 Å². The van der Waals surface area contributed by atoms with Gasteiger partial charge in [-0.05, 0) is 30.7 Å². The van der Waals surface area contributed by atoms with Crippen LogP contribution in [-0.4, -0.2) is 26.1 Å². The van der Waals surface area contributed by atoms with Crippen molar-refractivity contribution in [3.8, 4) is 11.5 Å². The fourth-order valence-corrected chi connectivity index (χ4v) is 3.89. The maximum Gasteiger partial charge on any atom is 0.337 e. The number of sulfonamides is 1. The molecule has 0 aliphatic carbocycles. The number of rotatable bonds is 5. The second kappa shape index (κ2) is 8.35. The molecule has 1 aliphatic heterocycles. The summed E-state index contributed by atoms with van der Waals surface area (Å²) in [6.45, 7) is 0.179. The second-order valence-electron chi connectivity index (χ2n) is 5.80. The first-order valence-corrected chi connectivity index (χ1v) is 10.6. The molecule has 0 radical (unpaired) electrons. The molecule has 0 saturated heterocycles. The largest absolute Gasteiger partial charge is 0.455 e. The number of para-hydroxylation sites is 1. The summed E-state index contributed by atoms with van der Waals surface area (Å²) in [6, 6.07) is 11.5. The zero-order chi connectivity index (χ0) is 19.4. The van der Waals surface area contributed by atoms with Crippen LogP contribution < -0.4 is 19.9 Å². The normalized spacial score (nSPS) is 13.2. The van der Waals surface area contributed by atoms with Crippen molar-refractivity contribution in [1.29, 1.82) is 0 Å². The third kappa shape index (κ3) is 4.84. The van der Waals surface area contributed by atoms with Crippen LogP contribution in [0.4, 0.5) is 10.5 Å². The molecule has 3 rings (SSSR count). The molecule has 7 nitrogen and oxygen atoms in total. The van der Waals surface area contributed by atoms with E-state index >= 15 is 0 Å². The minimum atomic E-state index is -3.68. The molecule has 0 spiro atoms. The van der Waals surface area contributed by atoms with E-state index < -0.39 is 16.1 Å². The summed E-state index contributed by atoms with van der Waals surface area (Å²) in [5.74, 6) is 1.06. The molecule has 0 aromatic heterocycles. The smallest absolute Gasteiger partial charge is 0.337 e. The lowest BCUT2D eigenvalue weighted by Crippen LogP contribution is -2.49. The van der Waals surface area contributed by atoms with Crippen molar-refractivity contribution in [3.05, 3.63) is 53.1 Å². The highest BCUT2D eigenvalue weighted by Crippen LogP contribution is 2.40. The van der Waals surface area contributed by atoms with E-state index in [1.54, 1.807) is 24.3 Å². The predicted molar refractivity (Wildman–Crippen MR) is 105 cm³/mol. The SMILES string of the molecule is O=C(NNS(=O)(=O)CCCCl)N1Cc2ccccc2Oc2ccc(Cl)cc21. The number of nitrogens with zero attached hydrogens (tertiary/aromatic N) is 1. The third-order valence-electron chi connectivity index (χ3n) is 3.84. The Balaban J connectivity index is 1.87. The molecule has 0 unspecified atom stereocenters. The van der Waals surface area contributed by atoms with Crippen LogP contribution in [-0.2, 0) is 16.6 Å². The fourth-order valence-electron chi connectivity index (χ4n) is 2.56. The maximum atomic E-state index is 12.7. The summed E-state index contributed by atoms with van der Waals surface area (Å²) in [5.41, 5.74) is 3.42. The number of amides is 2. The van der Waals surface area contributed by atoms with Crippen LogP contribution in [0, 0.1) is 0 Å². The zero-order valence-electron chi connectivity index (χ0n) is 14.1. The van der Waals surface area contributed by atoms with Gasteiger partial charge in [-0.25, -0.2) is 13.2 Å². The molecule has 2 aromatic carbocycles. The van der Waals surface area contributed by atoms with E-state index in [9.17, 15) is 13.2 Å². The zero-order valence-corrected chi connectivity index (χ0v) is 16.4. The highest BCUT2D eigenvalue weighted by molar-refractivity contribution is 7.89. The number of anilines is 1. The van der Waals surface area contributed by atoms with Crippen LogP contribution >= 0.6 is 23.2 Å². The number of ether oxygens (including phenoxy) is 1. The summed E-state index contributed by atoms with van der Waals surface area (Å²) < 4.78 is 29.7. The second-order valence-corrected chi connectivity index (χ2v) is 8.46. The van der Waals surface area contributed by atoms with Gasteiger partial charge in [0.1, 0.15) is 5.75 Å². The van der Waals surface area contributed by atoms with E-state index in [2.05, 4.69) is 10.3 Å². The lowest BCUT2D eigenvalue weighted by molar-refractivity contribution is 0.244. The third-order valence-corrected chi connectivity index (χ3v) is 5.58. The Labute approximate surface area is 167 Å².